The summed E-state index contributed by atoms with van der Waals surface area (Å²) in [4.78, 5) is 12.3. The minimum Gasteiger partial charge on any atom is -0.390 e. The third kappa shape index (κ3) is 2.15. The molecule has 4 nitrogen and oxygen atoms in total. The van der Waals surface area contributed by atoms with Crippen LogP contribution < -0.4 is 5.32 Å². The van der Waals surface area contributed by atoms with Crippen LogP contribution in [0.15, 0.2) is 24.3 Å². The molecule has 3 atom stereocenters. The SMILES string of the molecule is CC1(C(=O)N[C@@H]2c3ccccc3C[C@@H]2O)CCCO1. The molecule has 0 radical (unpaired) electrons. The molecule has 0 spiro atoms. The van der Waals surface area contributed by atoms with Gasteiger partial charge in [0.25, 0.3) is 5.91 Å². The Morgan fingerprint density at radius 1 is 1.47 bits per heavy atom. The first-order valence-corrected chi connectivity index (χ1v) is 6.81. The van der Waals surface area contributed by atoms with Gasteiger partial charge in [0, 0.05) is 13.0 Å². The molecular formula is C15H19NO3. The van der Waals surface area contributed by atoms with Gasteiger partial charge in [-0.3, -0.25) is 4.79 Å². The first-order chi connectivity index (χ1) is 9.10. The molecule has 1 aromatic rings. The highest BCUT2D eigenvalue weighted by Gasteiger charge is 2.41. The van der Waals surface area contributed by atoms with Crippen LogP contribution in [0.3, 0.4) is 0 Å². The zero-order valence-electron chi connectivity index (χ0n) is 11.1. The number of carbonyl (C=O) groups excluding carboxylic acids is 1. The van der Waals surface area contributed by atoms with E-state index in [1.807, 2.05) is 31.2 Å². The number of hydrogen-bond acceptors (Lipinski definition) is 3. The van der Waals surface area contributed by atoms with Crippen LogP contribution in [0.5, 0.6) is 0 Å². The normalized spacial score (nSPS) is 33.2. The summed E-state index contributed by atoms with van der Waals surface area (Å²) < 4.78 is 5.54. The largest absolute Gasteiger partial charge is 0.390 e. The summed E-state index contributed by atoms with van der Waals surface area (Å²) in [7, 11) is 0. The highest BCUT2D eigenvalue weighted by molar-refractivity contribution is 5.85. The number of fused-ring (bicyclic) bond motifs is 1. The molecular weight excluding hydrogens is 242 g/mol. The Hall–Kier alpha value is -1.39. The quantitative estimate of drug-likeness (QED) is 0.844. The summed E-state index contributed by atoms with van der Waals surface area (Å²) in [5, 5.41) is 13.1. The third-order valence-corrected chi connectivity index (χ3v) is 4.19. The fraction of sp³-hybridized carbons (Fsp3) is 0.533. The molecule has 1 unspecified atom stereocenters. The molecule has 3 rings (SSSR count). The minimum atomic E-state index is -0.739. The number of ether oxygens (including phenoxy) is 1. The fourth-order valence-corrected chi connectivity index (χ4v) is 3.00. The molecule has 1 saturated heterocycles. The lowest BCUT2D eigenvalue weighted by Gasteiger charge is -2.26. The highest BCUT2D eigenvalue weighted by Crippen LogP contribution is 2.33. The maximum absolute atomic E-state index is 12.3. The van der Waals surface area contributed by atoms with Crippen molar-refractivity contribution in [1.82, 2.24) is 5.32 Å². The van der Waals surface area contributed by atoms with Crippen LogP contribution in [0.1, 0.15) is 36.9 Å². The Labute approximate surface area is 112 Å². The van der Waals surface area contributed by atoms with Gasteiger partial charge in [-0.1, -0.05) is 24.3 Å². The molecule has 1 aliphatic carbocycles. The van der Waals surface area contributed by atoms with Crippen LogP contribution in [-0.4, -0.2) is 29.3 Å². The van der Waals surface area contributed by atoms with E-state index in [4.69, 9.17) is 4.74 Å². The number of aliphatic hydroxyl groups is 1. The predicted octanol–water partition coefficient (Wildman–Crippen LogP) is 1.33. The van der Waals surface area contributed by atoms with Crippen molar-refractivity contribution in [1.29, 1.82) is 0 Å². The van der Waals surface area contributed by atoms with Crippen LogP contribution in [0.4, 0.5) is 0 Å². The lowest BCUT2D eigenvalue weighted by atomic mass is 10.00. The molecule has 0 aromatic heterocycles. The van der Waals surface area contributed by atoms with Crippen molar-refractivity contribution in [3.8, 4) is 0 Å². The van der Waals surface area contributed by atoms with Crippen LogP contribution in [0.25, 0.3) is 0 Å². The summed E-state index contributed by atoms with van der Waals surface area (Å²) in [6.45, 7) is 2.45. The van der Waals surface area contributed by atoms with E-state index in [-0.39, 0.29) is 11.9 Å². The Morgan fingerprint density at radius 3 is 3.00 bits per heavy atom. The van der Waals surface area contributed by atoms with Crippen molar-refractivity contribution in [2.24, 2.45) is 0 Å². The van der Waals surface area contributed by atoms with E-state index in [1.54, 1.807) is 0 Å². The van der Waals surface area contributed by atoms with Crippen LogP contribution >= 0.6 is 0 Å². The molecule has 1 fully saturated rings. The summed E-state index contributed by atoms with van der Waals surface area (Å²) >= 11 is 0. The second kappa shape index (κ2) is 4.62. The third-order valence-electron chi connectivity index (χ3n) is 4.19. The number of aliphatic hydroxyl groups excluding tert-OH is 1. The van der Waals surface area contributed by atoms with Gasteiger partial charge in [0.05, 0.1) is 12.1 Å². The summed E-state index contributed by atoms with van der Waals surface area (Å²) in [5.41, 5.74) is 1.39. The van der Waals surface area contributed by atoms with Gasteiger partial charge in [0.2, 0.25) is 0 Å². The molecule has 1 heterocycles. The van der Waals surface area contributed by atoms with E-state index < -0.39 is 11.7 Å². The van der Waals surface area contributed by atoms with Crippen molar-refractivity contribution in [3.63, 3.8) is 0 Å². The number of carbonyl (C=O) groups is 1. The average Bonchev–Trinajstić information content (AvgIpc) is 2.96. The van der Waals surface area contributed by atoms with E-state index in [2.05, 4.69) is 5.32 Å². The Morgan fingerprint density at radius 2 is 2.26 bits per heavy atom. The van der Waals surface area contributed by atoms with E-state index >= 15 is 0 Å². The maximum Gasteiger partial charge on any atom is 0.252 e. The van der Waals surface area contributed by atoms with Crippen molar-refractivity contribution in [3.05, 3.63) is 35.4 Å². The van der Waals surface area contributed by atoms with Gasteiger partial charge in [-0.2, -0.15) is 0 Å². The number of rotatable bonds is 2. The monoisotopic (exact) mass is 261 g/mol. The average molecular weight is 261 g/mol. The van der Waals surface area contributed by atoms with Crippen LogP contribution in [-0.2, 0) is 16.0 Å². The Kier molecular flexibility index (Phi) is 3.07. The molecule has 0 bridgehead atoms. The molecule has 2 N–H and O–H groups in total. The molecule has 2 aliphatic rings. The maximum atomic E-state index is 12.3. The van der Waals surface area contributed by atoms with E-state index in [0.29, 0.717) is 13.0 Å². The molecule has 4 heteroatoms. The van der Waals surface area contributed by atoms with Crippen LogP contribution in [0.2, 0.25) is 0 Å². The smallest absolute Gasteiger partial charge is 0.252 e. The number of hydrogen-bond donors (Lipinski definition) is 2. The van der Waals surface area contributed by atoms with E-state index in [1.165, 1.54) is 0 Å². The lowest BCUT2D eigenvalue weighted by molar-refractivity contribution is -0.141. The van der Waals surface area contributed by atoms with Crippen LogP contribution in [0, 0.1) is 0 Å². The Balaban J connectivity index is 1.78. The molecule has 19 heavy (non-hydrogen) atoms. The number of benzene rings is 1. The second-order valence-electron chi connectivity index (χ2n) is 5.60. The van der Waals surface area contributed by atoms with Crippen molar-refractivity contribution in [2.45, 2.75) is 43.9 Å². The molecule has 0 saturated carbocycles. The topological polar surface area (TPSA) is 58.6 Å². The zero-order chi connectivity index (χ0) is 13.5. The molecule has 1 amide bonds. The molecule has 102 valence electrons. The van der Waals surface area contributed by atoms with Gasteiger partial charge in [0.15, 0.2) is 0 Å². The van der Waals surface area contributed by atoms with Crippen molar-refractivity contribution < 1.29 is 14.6 Å². The first-order valence-electron chi connectivity index (χ1n) is 6.81. The van der Waals surface area contributed by atoms with E-state index in [0.717, 1.165) is 24.0 Å². The van der Waals surface area contributed by atoms with Crippen molar-refractivity contribution >= 4 is 5.91 Å². The highest BCUT2D eigenvalue weighted by atomic mass is 16.5. The Bertz CT molecular complexity index is 494. The summed E-state index contributed by atoms with van der Waals surface area (Å²) in [6, 6.07) is 7.54. The predicted molar refractivity (Wildman–Crippen MR) is 70.6 cm³/mol. The van der Waals surface area contributed by atoms with Gasteiger partial charge >= 0.3 is 0 Å². The first kappa shape index (κ1) is 12.6. The molecule has 1 aromatic carbocycles. The van der Waals surface area contributed by atoms with E-state index in [9.17, 15) is 9.90 Å². The van der Waals surface area contributed by atoms with Crippen molar-refractivity contribution in [2.75, 3.05) is 6.61 Å². The van der Waals surface area contributed by atoms with Gasteiger partial charge < -0.3 is 15.2 Å². The van der Waals surface area contributed by atoms with Gasteiger partial charge in [-0.25, -0.2) is 0 Å². The van der Waals surface area contributed by atoms with Gasteiger partial charge in [0.1, 0.15) is 5.60 Å². The fourth-order valence-electron chi connectivity index (χ4n) is 3.00. The zero-order valence-corrected chi connectivity index (χ0v) is 11.1. The summed E-state index contributed by atoms with van der Waals surface area (Å²) in [6.07, 6.45) is 1.70. The second-order valence-corrected chi connectivity index (χ2v) is 5.60. The molecule has 1 aliphatic heterocycles. The standard InChI is InChI=1S/C15H19NO3/c1-15(7-4-8-19-15)14(18)16-13-11-6-3-2-5-10(11)9-12(13)17/h2-3,5-6,12-13,17H,4,7-9H2,1H3,(H,16,18)/t12-,13+,15?/m0/s1. The van der Waals surface area contributed by atoms with Gasteiger partial charge in [-0.05, 0) is 30.9 Å². The van der Waals surface area contributed by atoms with Gasteiger partial charge in [-0.15, -0.1) is 0 Å². The number of amides is 1. The summed E-state index contributed by atoms with van der Waals surface area (Å²) in [5.74, 6) is -0.120. The minimum absolute atomic E-state index is 0.120. The lowest BCUT2D eigenvalue weighted by Crippen LogP contribution is -2.47. The number of nitrogens with one attached hydrogen (secondary N) is 1.